The predicted octanol–water partition coefficient (Wildman–Crippen LogP) is 3.99. The van der Waals surface area contributed by atoms with Crippen LogP contribution in [0.2, 0.25) is 0 Å². The zero-order valence-electron chi connectivity index (χ0n) is 16.6. The Balaban J connectivity index is 1.70. The molecule has 0 radical (unpaired) electrons. The highest BCUT2D eigenvalue weighted by Gasteiger charge is 2.34. The van der Waals surface area contributed by atoms with Crippen molar-refractivity contribution in [3.63, 3.8) is 0 Å². The summed E-state index contributed by atoms with van der Waals surface area (Å²) in [5.74, 6) is -0.695. The highest BCUT2D eigenvalue weighted by Crippen LogP contribution is 2.34. The monoisotopic (exact) mass is 459 g/mol. The second kappa shape index (κ2) is 8.74. The maximum atomic E-state index is 14.5. The van der Waals surface area contributed by atoms with Gasteiger partial charge in [-0.25, -0.2) is 17.6 Å². The quantitative estimate of drug-likeness (QED) is 0.705. The van der Waals surface area contributed by atoms with Gasteiger partial charge in [0.05, 0.1) is 21.8 Å². The Morgan fingerprint density at radius 2 is 1.74 bits per heavy atom. The van der Waals surface area contributed by atoms with Crippen LogP contribution >= 0.6 is 0 Å². The molecule has 1 aliphatic rings. The van der Waals surface area contributed by atoms with Gasteiger partial charge in [-0.15, -0.1) is 0 Å². The maximum Gasteiger partial charge on any atom is 0.418 e. The molecule has 1 fully saturated rings. The summed E-state index contributed by atoms with van der Waals surface area (Å²) in [6.07, 6.45) is -3.16. The first-order valence-corrected chi connectivity index (χ1v) is 11.3. The maximum absolute atomic E-state index is 14.5. The summed E-state index contributed by atoms with van der Waals surface area (Å²) in [6, 6.07) is 7.69. The molecule has 1 N–H and O–H groups in total. The summed E-state index contributed by atoms with van der Waals surface area (Å²) in [5.41, 5.74) is -1.06. The molecule has 2 aromatic carbocycles. The Kier molecular flexibility index (Phi) is 6.44. The first-order valence-electron chi connectivity index (χ1n) is 9.43. The number of hydrogen-bond acceptors (Lipinski definition) is 4. The number of amides is 2. The molecule has 31 heavy (non-hydrogen) atoms. The smallest absolute Gasteiger partial charge is 0.367 e. The molecule has 6 nitrogen and oxygen atoms in total. The Hall–Kier alpha value is -2.82. The van der Waals surface area contributed by atoms with Crippen molar-refractivity contribution < 1.29 is 30.8 Å². The number of carbonyl (C=O) groups is 1. The number of benzene rings is 2. The van der Waals surface area contributed by atoms with Gasteiger partial charge in [0.25, 0.3) is 0 Å². The number of para-hydroxylation sites is 1. The minimum absolute atomic E-state index is 0.132. The van der Waals surface area contributed by atoms with E-state index in [9.17, 15) is 30.8 Å². The van der Waals surface area contributed by atoms with Crippen LogP contribution < -0.4 is 10.2 Å². The van der Waals surface area contributed by atoms with E-state index in [2.05, 4.69) is 5.32 Å². The van der Waals surface area contributed by atoms with Crippen molar-refractivity contribution in [3.05, 3.63) is 53.8 Å². The molecule has 0 atom stereocenters. The minimum Gasteiger partial charge on any atom is -0.367 e. The van der Waals surface area contributed by atoms with Crippen molar-refractivity contribution >= 4 is 27.2 Å². The summed E-state index contributed by atoms with van der Waals surface area (Å²) in [4.78, 5) is 15.5. The number of anilines is 2. The highest BCUT2D eigenvalue weighted by molar-refractivity contribution is 7.90. The van der Waals surface area contributed by atoms with Gasteiger partial charge < -0.3 is 15.1 Å². The van der Waals surface area contributed by atoms with Crippen LogP contribution in [0.4, 0.5) is 33.7 Å². The second-order valence-electron chi connectivity index (χ2n) is 7.19. The lowest BCUT2D eigenvalue weighted by Crippen LogP contribution is -2.38. The molecule has 1 aliphatic heterocycles. The number of urea groups is 1. The fraction of sp³-hybridized carbons (Fsp3) is 0.350. The first-order chi connectivity index (χ1) is 14.5. The van der Waals surface area contributed by atoms with Gasteiger partial charge in [-0.05, 0) is 36.8 Å². The van der Waals surface area contributed by atoms with Gasteiger partial charge in [0.2, 0.25) is 0 Å². The Bertz CT molecular complexity index is 1070. The van der Waals surface area contributed by atoms with Crippen molar-refractivity contribution in [2.24, 2.45) is 0 Å². The number of nitrogens with zero attached hydrogens (tertiary/aromatic N) is 2. The number of halogens is 4. The third-order valence-corrected chi connectivity index (χ3v) is 6.06. The number of rotatable bonds is 3. The van der Waals surface area contributed by atoms with E-state index >= 15 is 0 Å². The number of carbonyl (C=O) groups excluding carboxylic acids is 1. The largest absolute Gasteiger partial charge is 0.418 e. The van der Waals surface area contributed by atoms with Gasteiger partial charge in [-0.2, -0.15) is 13.2 Å². The molecular formula is C20H21F4N3O3S. The van der Waals surface area contributed by atoms with E-state index in [1.807, 2.05) is 0 Å². The van der Waals surface area contributed by atoms with Gasteiger partial charge in [-0.3, -0.25) is 0 Å². The van der Waals surface area contributed by atoms with Crippen molar-refractivity contribution in [3.8, 4) is 0 Å². The molecule has 0 aromatic heterocycles. The first kappa shape index (κ1) is 22.9. The fourth-order valence-corrected chi connectivity index (χ4v) is 4.00. The van der Waals surface area contributed by atoms with Crippen molar-refractivity contribution in [1.29, 1.82) is 0 Å². The van der Waals surface area contributed by atoms with E-state index in [1.54, 1.807) is 4.90 Å². The summed E-state index contributed by atoms with van der Waals surface area (Å²) < 4.78 is 77.1. The SMILES string of the molecule is CS(=O)(=O)c1ccc(N2CCCN(C(=O)Nc3ccccc3C(F)(F)F)CC2)c(F)c1. The van der Waals surface area contributed by atoms with E-state index in [0.29, 0.717) is 13.0 Å². The van der Waals surface area contributed by atoms with Gasteiger partial charge >= 0.3 is 12.2 Å². The lowest BCUT2D eigenvalue weighted by atomic mass is 10.1. The van der Waals surface area contributed by atoms with Crippen LogP contribution in [-0.4, -0.2) is 51.8 Å². The van der Waals surface area contributed by atoms with E-state index in [1.165, 1.54) is 35.2 Å². The van der Waals surface area contributed by atoms with Gasteiger partial charge in [0, 0.05) is 32.4 Å². The normalized spacial score (nSPS) is 15.5. The Morgan fingerprint density at radius 1 is 1.03 bits per heavy atom. The Morgan fingerprint density at radius 3 is 2.39 bits per heavy atom. The number of hydrogen-bond donors (Lipinski definition) is 1. The zero-order chi connectivity index (χ0) is 22.8. The third-order valence-electron chi connectivity index (χ3n) is 4.95. The summed E-state index contributed by atoms with van der Waals surface area (Å²) in [7, 11) is -3.54. The van der Waals surface area contributed by atoms with Crippen LogP contribution in [0.5, 0.6) is 0 Å². The molecule has 0 unspecified atom stereocenters. The van der Waals surface area contributed by atoms with Crippen LogP contribution in [0.1, 0.15) is 12.0 Å². The minimum atomic E-state index is -4.60. The summed E-state index contributed by atoms with van der Waals surface area (Å²) >= 11 is 0. The van der Waals surface area contributed by atoms with E-state index in [-0.39, 0.29) is 35.9 Å². The third kappa shape index (κ3) is 5.46. The fourth-order valence-electron chi connectivity index (χ4n) is 3.37. The molecule has 11 heteroatoms. The lowest BCUT2D eigenvalue weighted by molar-refractivity contribution is -0.136. The average Bonchev–Trinajstić information content (AvgIpc) is 2.93. The molecule has 1 heterocycles. The van der Waals surface area contributed by atoms with Crippen LogP contribution in [0.3, 0.4) is 0 Å². The molecule has 2 aromatic rings. The van der Waals surface area contributed by atoms with Crippen LogP contribution in [-0.2, 0) is 16.0 Å². The lowest BCUT2D eigenvalue weighted by Gasteiger charge is -2.25. The molecular weight excluding hydrogens is 438 g/mol. The van der Waals surface area contributed by atoms with Crippen LogP contribution in [0, 0.1) is 5.82 Å². The van der Waals surface area contributed by atoms with Crippen molar-refractivity contribution in [2.75, 3.05) is 42.7 Å². The average molecular weight is 459 g/mol. The van der Waals surface area contributed by atoms with E-state index in [4.69, 9.17) is 0 Å². The molecule has 0 aliphatic carbocycles. The van der Waals surface area contributed by atoms with Gasteiger partial charge in [0.1, 0.15) is 5.82 Å². The molecule has 0 bridgehead atoms. The zero-order valence-corrected chi connectivity index (χ0v) is 17.4. The van der Waals surface area contributed by atoms with Gasteiger partial charge in [-0.1, -0.05) is 12.1 Å². The van der Waals surface area contributed by atoms with Crippen molar-refractivity contribution in [2.45, 2.75) is 17.5 Å². The predicted molar refractivity (Wildman–Crippen MR) is 108 cm³/mol. The number of sulfone groups is 1. The standard InChI is InChI=1S/C20H21F4N3O3S/c1-31(29,30)14-7-8-18(16(21)13-14)26-9-4-10-27(12-11-26)19(28)25-17-6-3-2-5-15(17)20(22,23)24/h2-3,5-8,13H,4,9-12H2,1H3,(H,25,28). The molecule has 0 saturated carbocycles. The van der Waals surface area contributed by atoms with E-state index < -0.39 is 33.4 Å². The number of nitrogens with one attached hydrogen (secondary N) is 1. The topological polar surface area (TPSA) is 69.7 Å². The van der Waals surface area contributed by atoms with Gasteiger partial charge in [0.15, 0.2) is 9.84 Å². The van der Waals surface area contributed by atoms with E-state index in [0.717, 1.165) is 18.4 Å². The molecule has 168 valence electrons. The van der Waals surface area contributed by atoms with Crippen LogP contribution in [0.15, 0.2) is 47.4 Å². The molecule has 1 saturated heterocycles. The summed E-state index contributed by atoms with van der Waals surface area (Å²) in [5, 5.41) is 2.31. The summed E-state index contributed by atoms with van der Waals surface area (Å²) in [6.45, 7) is 1.08. The number of alkyl halides is 3. The molecule has 2 amide bonds. The Labute approximate surface area is 177 Å². The second-order valence-corrected chi connectivity index (χ2v) is 9.20. The van der Waals surface area contributed by atoms with Crippen LogP contribution in [0.25, 0.3) is 0 Å². The van der Waals surface area contributed by atoms with Crippen molar-refractivity contribution in [1.82, 2.24) is 4.90 Å². The molecule has 3 rings (SSSR count). The molecule has 0 spiro atoms. The highest BCUT2D eigenvalue weighted by atomic mass is 32.2.